The van der Waals surface area contributed by atoms with E-state index in [2.05, 4.69) is 11.8 Å². The molecule has 0 aromatic heterocycles. The number of amides is 1. The van der Waals surface area contributed by atoms with Gasteiger partial charge in [0.25, 0.3) is 5.91 Å². The fraction of sp³-hybridized carbons (Fsp3) is 0.682. The number of rotatable bonds is 6. The van der Waals surface area contributed by atoms with Crippen LogP contribution in [0.3, 0.4) is 0 Å². The maximum absolute atomic E-state index is 13.2. The fourth-order valence-corrected chi connectivity index (χ4v) is 4.31. The molecular formula is C22H31NO3. The van der Waals surface area contributed by atoms with E-state index < -0.39 is 0 Å². The Bertz CT molecular complexity index is 596. The highest BCUT2D eigenvalue weighted by atomic mass is 16.5. The molecule has 4 nitrogen and oxygen atoms in total. The summed E-state index contributed by atoms with van der Waals surface area (Å²) in [6.07, 6.45) is 9.56. The molecule has 3 fully saturated rings. The molecule has 1 aromatic rings. The van der Waals surface area contributed by atoms with Crippen LogP contribution in [0.25, 0.3) is 0 Å². The molecule has 3 aliphatic rings. The first-order valence-electron chi connectivity index (χ1n) is 10.4. The molecule has 1 unspecified atom stereocenters. The van der Waals surface area contributed by atoms with Gasteiger partial charge in [-0.05, 0) is 81.5 Å². The van der Waals surface area contributed by atoms with Gasteiger partial charge in [0.2, 0.25) is 0 Å². The third-order valence-corrected chi connectivity index (χ3v) is 6.11. The lowest BCUT2D eigenvalue weighted by molar-refractivity contribution is 0.0592. The second-order valence-corrected chi connectivity index (χ2v) is 8.33. The van der Waals surface area contributed by atoms with Crippen molar-refractivity contribution < 1.29 is 14.3 Å². The van der Waals surface area contributed by atoms with Gasteiger partial charge in [-0.25, -0.2) is 0 Å². The Hall–Kier alpha value is -1.55. The third kappa shape index (κ3) is 4.22. The standard InChI is InChI=1S/C22H31NO3/c1-16-4-8-18(9-5-16)23(19-10-11-19)22(24)17-6-12-20(13-7-17)26-15-21-3-2-14-25-21/h6-7,12-13,16,18-19,21H,2-5,8-11,14-15H2,1H3. The van der Waals surface area contributed by atoms with Crippen molar-refractivity contribution in [2.24, 2.45) is 5.92 Å². The zero-order chi connectivity index (χ0) is 17.9. The Kier molecular flexibility index (Phi) is 5.49. The van der Waals surface area contributed by atoms with Crippen molar-refractivity contribution >= 4 is 5.91 Å². The van der Waals surface area contributed by atoms with Gasteiger partial charge in [-0.2, -0.15) is 0 Å². The van der Waals surface area contributed by atoms with Crippen molar-refractivity contribution in [3.8, 4) is 5.75 Å². The smallest absolute Gasteiger partial charge is 0.254 e. The average molecular weight is 357 g/mol. The van der Waals surface area contributed by atoms with Gasteiger partial charge in [-0.1, -0.05) is 6.92 Å². The molecule has 2 saturated carbocycles. The first kappa shape index (κ1) is 17.8. The highest BCUT2D eigenvalue weighted by Crippen LogP contribution is 2.36. The Labute approximate surface area is 156 Å². The number of carbonyl (C=O) groups is 1. The van der Waals surface area contributed by atoms with Crippen molar-refractivity contribution in [1.29, 1.82) is 0 Å². The SMILES string of the molecule is CC1CCC(N(C(=O)c2ccc(OCC3CCCO3)cc2)C2CC2)CC1. The first-order valence-corrected chi connectivity index (χ1v) is 10.4. The molecule has 1 heterocycles. The Morgan fingerprint density at radius 3 is 2.27 bits per heavy atom. The van der Waals surface area contributed by atoms with Crippen molar-refractivity contribution in [1.82, 2.24) is 4.90 Å². The van der Waals surface area contributed by atoms with Gasteiger partial charge >= 0.3 is 0 Å². The molecule has 1 aromatic carbocycles. The number of ether oxygens (including phenoxy) is 2. The predicted molar refractivity (Wildman–Crippen MR) is 102 cm³/mol. The molecule has 1 saturated heterocycles. The van der Waals surface area contributed by atoms with Crippen LogP contribution in [0.2, 0.25) is 0 Å². The second kappa shape index (κ2) is 7.99. The minimum atomic E-state index is 0.206. The Balaban J connectivity index is 1.37. The van der Waals surface area contributed by atoms with Crippen LogP contribution < -0.4 is 4.74 Å². The van der Waals surface area contributed by atoms with Gasteiger partial charge in [0.05, 0.1) is 6.10 Å². The van der Waals surface area contributed by atoms with E-state index in [-0.39, 0.29) is 12.0 Å². The van der Waals surface area contributed by atoms with E-state index in [4.69, 9.17) is 9.47 Å². The first-order chi connectivity index (χ1) is 12.7. The minimum Gasteiger partial charge on any atom is -0.491 e. The number of carbonyl (C=O) groups excluding carboxylic acids is 1. The summed E-state index contributed by atoms with van der Waals surface area (Å²) in [5.74, 6) is 1.84. The van der Waals surface area contributed by atoms with E-state index in [9.17, 15) is 4.79 Å². The largest absolute Gasteiger partial charge is 0.491 e. The second-order valence-electron chi connectivity index (χ2n) is 8.33. The summed E-state index contributed by atoms with van der Waals surface area (Å²) in [6.45, 7) is 3.77. The zero-order valence-corrected chi connectivity index (χ0v) is 15.9. The van der Waals surface area contributed by atoms with Crippen molar-refractivity contribution in [3.63, 3.8) is 0 Å². The van der Waals surface area contributed by atoms with Crippen LogP contribution in [0, 0.1) is 5.92 Å². The number of nitrogens with zero attached hydrogens (tertiary/aromatic N) is 1. The summed E-state index contributed by atoms with van der Waals surface area (Å²) in [4.78, 5) is 15.4. The summed E-state index contributed by atoms with van der Waals surface area (Å²) in [7, 11) is 0. The van der Waals surface area contributed by atoms with E-state index >= 15 is 0 Å². The van der Waals surface area contributed by atoms with Crippen LogP contribution in [-0.4, -0.2) is 42.2 Å². The molecule has 0 N–H and O–H groups in total. The van der Waals surface area contributed by atoms with E-state index in [1.165, 1.54) is 25.7 Å². The lowest BCUT2D eigenvalue weighted by atomic mass is 9.86. The maximum atomic E-state index is 13.2. The highest BCUT2D eigenvalue weighted by Gasteiger charge is 2.38. The zero-order valence-electron chi connectivity index (χ0n) is 15.9. The molecule has 0 radical (unpaired) electrons. The monoisotopic (exact) mass is 357 g/mol. The highest BCUT2D eigenvalue weighted by molar-refractivity contribution is 5.95. The van der Waals surface area contributed by atoms with Gasteiger partial charge in [-0.15, -0.1) is 0 Å². The molecular weight excluding hydrogens is 326 g/mol. The van der Waals surface area contributed by atoms with Crippen LogP contribution in [0.1, 0.15) is 68.6 Å². The number of hydrogen-bond donors (Lipinski definition) is 0. The summed E-state index contributed by atoms with van der Waals surface area (Å²) in [5.41, 5.74) is 0.792. The number of benzene rings is 1. The normalized spacial score (nSPS) is 28.7. The van der Waals surface area contributed by atoms with Gasteiger partial charge in [-0.3, -0.25) is 4.79 Å². The minimum absolute atomic E-state index is 0.206. The van der Waals surface area contributed by atoms with Crippen LogP contribution in [0.15, 0.2) is 24.3 Å². The third-order valence-electron chi connectivity index (χ3n) is 6.11. The molecule has 26 heavy (non-hydrogen) atoms. The lowest BCUT2D eigenvalue weighted by Crippen LogP contribution is -2.43. The topological polar surface area (TPSA) is 38.8 Å². The molecule has 1 amide bonds. The van der Waals surface area contributed by atoms with E-state index in [1.807, 2.05) is 24.3 Å². The molecule has 2 aliphatic carbocycles. The molecule has 0 bridgehead atoms. The van der Waals surface area contributed by atoms with Crippen LogP contribution >= 0.6 is 0 Å². The van der Waals surface area contributed by atoms with Crippen molar-refractivity contribution in [2.45, 2.75) is 76.5 Å². The summed E-state index contributed by atoms with van der Waals surface area (Å²) in [6, 6.07) is 8.60. The van der Waals surface area contributed by atoms with Gasteiger partial charge in [0.1, 0.15) is 12.4 Å². The average Bonchev–Trinajstić information content (AvgIpc) is 3.36. The molecule has 0 spiro atoms. The van der Waals surface area contributed by atoms with Crippen molar-refractivity contribution in [3.05, 3.63) is 29.8 Å². The quantitative estimate of drug-likeness (QED) is 0.756. The summed E-state index contributed by atoms with van der Waals surface area (Å²) in [5, 5.41) is 0. The molecule has 1 atom stereocenters. The van der Waals surface area contributed by atoms with Gasteiger partial charge < -0.3 is 14.4 Å². The maximum Gasteiger partial charge on any atom is 0.254 e. The summed E-state index contributed by atoms with van der Waals surface area (Å²) < 4.78 is 11.4. The van der Waals surface area contributed by atoms with Crippen LogP contribution in [0.4, 0.5) is 0 Å². The lowest BCUT2D eigenvalue weighted by Gasteiger charge is -2.36. The van der Waals surface area contributed by atoms with Crippen molar-refractivity contribution in [2.75, 3.05) is 13.2 Å². The summed E-state index contributed by atoms with van der Waals surface area (Å²) >= 11 is 0. The Morgan fingerprint density at radius 1 is 1.04 bits per heavy atom. The van der Waals surface area contributed by atoms with E-state index in [0.717, 1.165) is 49.5 Å². The number of hydrogen-bond acceptors (Lipinski definition) is 3. The predicted octanol–water partition coefficient (Wildman–Crippen LogP) is 4.43. The molecule has 142 valence electrons. The van der Waals surface area contributed by atoms with E-state index in [1.54, 1.807) is 0 Å². The molecule has 1 aliphatic heterocycles. The fourth-order valence-electron chi connectivity index (χ4n) is 4.31. The van der Waals surface area contributed by atoms with Crippen LogP contribution in [0.5, 0.6) is 5.75 Å². The van der Waals surface area contributed by atoms with Crippen LogP contribution in [-0.2, 0) is 4.74 Å². The molecule has 4 heteroatoms. The Morgan fingerprint density at radius 2 is 1.69 bits per heavy atom. The van der Waals surface area contributed by atoms with E-state index in [0.29, 0.717) is 18.7 Å². The van der Waals surface area contributed by atoms with Gasteiger partial charge in [0, 0.05) is 24.3 Å². The molecule has 4 rings (SSSR count). The van der Waals surface area contributed by atoms with Gasteiger partial charge in [0.15, 0.2) is 0 Å².